The van der Waals surface area contributed by atoms with Gasteiger partial charge in [0.1, 0.15) is 11.7 Å². The fraction of sp³-hybridized carbons (Fsp3) is 0.615. The summed E-state index contributed by atoms with van der Waals surface area (Å²) in [6.07, 6.45) is -0.323. The lowest BCUT2D eigenvalue weighted by Crippen LogP contribution is -2.28. The van der Waals surface area contributed by atoms with Crippen molar-refractivity contribution >= 4 is 17.7 Å². The predicted octanol–water partition coefficient (Wildman–Crippen LogP) is 0.627. The topological polar surface area (TPSA) is 89.9 Å². The lowest BCUT2D eigenvalue weighted by molar-refractivity contribution is -0.151. The zero-order valence-corrected chi connectivity index (χ0v) is 11.3. The van der Waals surface area contributed by atoms with Gasteiger partial charge in [-0.1, -0.05) is 6.58 Å². The maximum atomic E-state index is 11.7. The Hall–Kier alpha value is -1.69. The van der Waals surface area contributed by atoms with E-state index in [1.54, 1.807) is 13.8 Å². The van der Waals surface area contributed by atoms with Gasteiger partial charge < -0.3 is 14.6 Å². The summed E-state index contributed by atoms with van der Waals surface area (Å²) in [5.74, 6) is -2.96. The van der Waals surface area contributed by atoms with Gasteiger partial charge in [-0.3, -0.25) is 9.59 Å². The number of hydrogen-bond acceptors (Lipinski definition) is 6. The first-order chi connectivity index (χ1) is 8.97. The molecule has 6 heteroatoms. The van der Waals surface area contributed by atoms with E-state index < -0.39 is 23.6 Å². The van der Waals surface area contributed by atoms with Crippen molar-refractivity contribution in [3.63, 3.8) is 0 Å². The lowest BCUT2D eigenvalue weighted by Gasteiger charge is -2.14. The summed E-state index contributed by atoms with van der Waals surface area (Å²) >= 11 is 0. The molecule has 0 aliphatic carbocycles. The van der Waals surface area contributed by atoms with Gasteiger partial charge in [-0.2, -0.15) is 0 Å². The molecule has 0 saturated heterocycles. The number of aliphatic hydroxyl groups is 1. The highest BCUT2D eigenvalue weighted by molar-refractivity contribution is 6.01. The molecule has 0 aliphatic heterocycles. The van der Waals surface area contributed by atoms with Crippen molar-refractivity contribution in [2.24, 2.45) is 5.92 Å². The zero-order chi connectivity index (χ0) is 14.8. The number of hydrogen-bond donors (Lipinski definition) is 1. The van der Waals surface area contributed by atoms with Crippen LogP contribution in [0, 0.1) is 5.92 Å². The van der Waals surface area contributed by atoms with Gasteiger partial charge in [0.25, 0.3) is 0 Å². The van der Waals surface area contributed by atoms with Crippen LogP contribution >= 0.6 is 0 Å². The number of esters is 2. The van der Waals surface area contributed by atoms with Crippen LogP contribution in [0.15, 0.2) is 12.2 Å². The van der Waals surface area contributed by atoms with E-state index in [9.17, 15) is 14.4 Å². The molecule has 0 bridgehead atoms. The van der Waals surface area contributed by atoms with E-state index in [0.717, 1.165) is 0 Å². The molecule has 108 valence electrons. The second kappa shape index (κ2) is 9.27. The number of ether oxygens (including phenoxy) is 2. The predicted molar refractivity (Wildman–Crippen MR) is 67.2 cm³/mol. The normalized spacial score (nSPS) is 11.5. The molecule has 0 spiro atoms. The Morgan fingerprint density at radius 1 is 1.16 bits per heavy atom. The number of rotatable bonds is 9. The third kappa shape index (κ3) is 6.15. The fourth-order valence-electron chi connectivity index (χ4n) is 1.42. The standard InChI is InChI=1S/C13H20O6/c1-4-18-12(16)9(3)8-10(11(15)6-7-14)13(17)19-5-2/h10,14H,3-8H2,1-2H3. The number of Topliss-reactive ketones (excluding diaryl/α,β-unsaturated/α-hetero) is 1. The van der Waals surface area contributed by atoms with Crippen LogP contribution in [-0.4, -0.2) is 42.6 Å². The molecular formula is C13H20O6. The highest BCUT2D eigenvalue weighted by atomic mass is 16.5. The third-order valence-electron chi connectivity index (χ3n) is 2.33. The molecule has 0 amide bonds. The summed E-state index contributed by atoms with van der Waals surface area (Å²) in [6, 6.07) is 0. The van der Waals surface area contributed by atoms with Gasteiger partial charge in [0.2, 0.25) is 0 Å². The third-order valence-corrected chi connectivity index (χ3v) is 2.33. The Balaban J connectivity index is 4.75. The molecule has 0 rings (SSSR count). The second-order valence-electron chi connectivity index (χ2n) is 3.77. The van der Waals surface area contributed by atoms with Crippen LogP contribution in [-0.2, 0) is 23.9 Å². The van der Waals surface area contributed by atoms with Crippen LogP contribution in [0.3, 0.4) is 0 Å². The van der Waals surface area contributed by atoms with E-state index in [1.165, 1.54) is 0 Å². The van der Waals surface area contributed by atoms with Crippen molar-refractivity contribution < 1.29 is 29.0 Å². The van der Waals surface area contributed by atoms with E-state index in [0.29, 0.717) is 0 Å². The molecule has 0 aliphatic rings. The molecule has 1 unspecified atom stereocenters. The monoisotopic (exact) mass is 272 g/mol. The summed E-state index contributed by atoms with van der Waals surface area (Å²) in [5.41, 5.74) is 0.0335. The van der Waals surface area contributed by atoms with Crippen LogP contribution in [0.1, 0.15) is 26.7 Å². The van der Waals surface area contributed by atoms with Crippen molar-refractivity contribution in [1.82, 2.24) is 0 Å². The van der Waals surface area contributed by atoms with Crippen molar-refractivity contribution in [1.29, 1.82) is 0 Å². The van der Waals surface area contributed by atoms with Crippen LogP contribution in [0.4, 0.5) is 0 Å². The van der Waals surface area contributed by atoms with Gasteiger partial charge in [-0.05, 0) is 20.3 Å². The first kappa shape index (κ1) is 17.3. The van der Waals surface area contributed by atoms with E-state index in [2.05, 4.69) is 6.58 Å². The highest BCUT2D eigenvalue weighted by Gasteiger charge is 2.29. The Bertz CT molecular complexity index is 329. The smallest absolute Gasteiger partial charge is 0.333 e. The quantitative estimate of drug-likeness (QED) is 0.376. The Morgan fingerprint density at radius 2 is 1.74 bits per heavy atom. The van der Waals surface area contributed by atoms with E-state index in [4.69, 9.17) is 14.6 Å². The maximum Gasteiger partial charge on any atom is 0.333 e. The minimum atomic E-state index is -1.12. The first-order valence-electron chi connectivity index (χ1n) is 6.12. The second-order valence-corrected chi connectivity index (χ2v) is 3.77. The van der Waals surface area contributed by atoms with Crippen molar-refractivity contribution in [2.75, 3.05) is 19.8 Å². The van der Waals surface area contributed by atoms with Gasteiger partial charge >= 0.3 is 11.9 Å². The van der Waals surface area contributed by atoms with Crippen molar-refractivity contribution in [2.45, 2.75) is 26.7 Å². The minimum Gasteiger partial charge on any atom is -0.465 e. The van der Waals surface area contributed by atoms with Crippen molar-refractivity contribution in [3.8, 4) is 0 Å². The summed E-state index contributed by atoms with van der Waals surface area (Å²) in [5, 5.41) is 8.74. The first-order valence-corrected chi connectivity index (χ1v) is 6.12. The van der Waals surface area contributed by atoms with Gasteiger partial charge in [0.15, 0.2) is 0 Å². The van der Waals surface area contributed by atoms with Gasteiger partial charge in [0, 0.05) is 18.6 Å². The molecule has 0 fully saturated rings. The minimum absolute atomic E-state index is 0.0335. The highest BCUT2D eigenvalue weighted by Crippen LogP contribution is 2.16. The van der Waals surface area contributed by atoms with Crippen LogP contribution < -0.4 is 0 Å². The number of carbonyl (C=O) groups is 3. The summed E-state index contributed by atoms with van der Waals surface area (Å²) in [4.78, 5) is 34.8. The molecule has 19 heavy (non-hydrogen) atoms. The molecule has 0 aromatic rings. The SMILES string of the molecule is C=C(CC(C(=O)CCO)C(=O)OCC)C(=O)OCC. The average molecular weight is 272 g/mol. The van der Waals surface area contributed by atoms with Crippen molar-refractivity contribution in [3.05, 3.63) is 12.2 Å². The summed E-state index contributed by atoms with van der Waals surface area (Å²) in [7, 11) is 0. The van der Waals surface area contributed by atoms with Gasteiger partial charge in [-0.25, -0.2) is 4.79 Å². The summed E-state index contributed by atoms with van der Waals surface area (Å²) < 4.78 is 9.51. The maximum absolute atomic E-state index is 11.7. The number of ketones is 1. The van der Waals surface area contributed by atoms with E-state index >= 15 is 0 Å². The molecule has 1 N–H and O–H groups in total. The lowest BCUT2D eigenvalue weighted by atomic mass is 9.94. The molecule has 0 aromatic heterocycles. The number of aliphatic hydroxyl groups excluding tert-OH is 1. The van der Waals surface area contributed by atoms with E-state index in [1.807, 2.05) is 0 Å². The fourth-order valence-corrected chi connectivity index (χ4v) is 1.42. The molecule has 6 nitrogen and oxygen atoms in total. The van der Waals surface area contributed by atoms with Crippen LogP contribution in [0.25, 0.3) is 0 Å². The molecule has 0 radical (unpaired) electrons. The van der Waals surface area contributed by atoms with Gasteiger partial charge in [0.05, 0.1) is 13.2 Å². The van der Waals surface area contributed by atoms with Crippen LogP contribution in [0.2, 0.25) is 0 Å². The van der Waals surface area contributed by atoms with E-state index in [-0.39, 0.29) is 38.2 Å². The van der Waals surface area contributed by atoms with Gasteiger partial charge in [-0.15, -0.1) is 0 Å². The largest absolute Gasteiger partial charge is 0.465 e. The number of carbonyl (C=O) groups excluding carboxylic acids is 3. The van der Waals surface area contributed by atoms with Crippen LogP contribution in [0.5, 0.6) is 0 Å². The molecule has 1 atom stereocenters. The average Bonchev–Trinajstić information content (AvgIpc) is 2.36. The zero-order valence-electron chi connectivity index (χ0n) is 11.3. The Labute approximate surface area is 112 Å². The Morgan fingerprint density at radius 3 is 2.21 bits per heavy atom. The molecule has 0 aromatic carbocycles. The molecule has 0 saturated carbocycles. The Kier molecular flexibility index (Phi) is 8.44. The summed E-state index contributed by atoms with van der Waals surface area (Å²) in [6.45, 7) is 6.72. The molecule has 0 heterocycles. The molecular weight excluding hydrogens is 252 g/mol.